The van der Waals surface area contributed by atoms with Gasteiger partial charge in [0, 0.05) is 38.3 Å². The van der Waals surface area contributed by atoms with E-state index in [1.165, 1.54) is 0 Å². The summed E-state index contributed by atoms with van der Waals surface area (Å²) in [5, 5.41) is 9.15. The largest absolute Gasteiger partial charge is 0.396 e. The standard InChI is InChI=1S/C31H41N3O5/c1-30(2,3)34-19-12-16-31-25(28(37)33(26(31)29(34)38)18-9-4-5-10-20-35)24-23(39-31)15-11-17-32(27(24)36)21-22-13-7-6-8-14-22/h6-8,11-16,23-26,35H,4-5,9-10,17-21H2,1-3H3/t23-,24+,25-,26?,31-/m0/s1. The summed E-state index contributed by atoms with van der Waals surface area (Å²) in [5.41, 5.74) is -0.604. The van der Waals surface area contributed by atoms with Crippen molar-refractivity contribution in [2.45, 2.75) is 76.3 Å². The Kier molecular flexibility index (Phi) is 7.71. The van der Waals surface area contributed by atoms with Crippen LogP contribution in [-0.4, -0.2) is 87.1 Å². The van der Waals surface area contributed by atoms with Crippen LogP contribution in [0.3, 0.4) is 0 Å². The average molecular weight is 536 g/mol. The van der Waals surface area contributed by atoms with Crippen molar-refractivity contribution in [2.75, 3.05) is 26.2 Å². The van der Waals surface area contributed by atoms with Crippen molar-refractivity contribution in [3.63, 3.8) is 0 Å². The zero-order valence-corrected chi connectivity index (χ0v) is 23.3. The summed E-state index contributed by atoms with van der Waals surface area (Å²) in [5.74, 6) is -1.87. The number of benzene rings is 1. The van der Waals surface area contributed by atoms with Crippen molar-refractivity contribution in [2.24, 2.45) is 11.8 Å². The fraction of sp³-hybridized carbons (Fsp3) is 0.581. The summed E-state index contributed by atoms with van der Waals surface area (Å²) in [6, 6.07) is 9.03. The minimum atomic E-state index is -1.19. The third kappa shape index (κ3) is 4.93. The number of likely N-dealkylation sites (tertiary alicyclic amines) is 1. The molecular weight excluding hydrogens is 494 g/mol. The van der Waals surface area contributed by atoms with Gasteiger partial charge in [0.1, 0.15) is 11.6 Å². The van der Waals surface area contributed by atoms with Crippen LogP contribution < -0.4 is 0 Å². The monoisotopic (exact) mass is 535 g/mol. The Labute approximate surface area is 231 Å². The number of carbonyl (C=O) groups is 3. The van der Waals surface area contributed by atoms with E-state index in [1.807, 2.05) is 80.3 Å². The second-order valence-corrected chi connectivity index (χ2v) is 12.2. The topological polar surface area (TPSA) is 90.4 Å². The van der Waals surface area contributed by atoms with E-state index in [0.29, 0.717) is 32.6 Å². The number of unbranched alkanes of at least 4 members (excludes halogenated alkanes) is 3. The third-order valence-electron chi connectivity index (χ3n) is 8.58. The second-order valence-electron chi connectivity index (χ2n) is 12.2. The minimum absolute atomic E-state index is 0.106. The van der Waals surface area contributed by atoms with Crippen LogP contribution in [0.1, 0.15) is 52.0 Å². The van der Waals surface area contributed by atoms with Crippen LogP contribution in [0.4, 0.5) is 0 Å². The molecule has 2 fully saturated rings. The molecule has 1 aromatic rings. The van der Waals surface area contributed by atoms with E-state index in [-0.39, 0.29) is 24.3 Å². The number of hydrogen-bond acceptors (Lipinski definition) is 5. The number of rotatable bonds is 8. The fourth-order valence-corrected chi connectivity index (χ4v) is 6.73. The average Bonchev–Trinajstić information content (AvgIpc) is 3.20. The molecule has 4 heterocycles. The summed E-state index contributed by atoms with van der Waals surface area (Å²) in [6.45, 7) is 7.88. The summed E-state index contributed by atoms with van der Waals surface area (Å²) >= 11 is 0. The highest BCUT2D eigenvalue weighted by Crippen LogP contribution is 2.53. The summed E-state index contributed by atoms with van der Waals surface area (Å²) < 4.78 is 6.72. The molecule has 2 saturated heterocycles. The van der Waals surface area contributed by atoms with E-state index in [1.54, 1.807) is 9.80 Å². The number of amides is 3. The molecule has 210 valence electrons. The summed E-state index contributed by atoms with van der Waals surface area (Å²) in [4.78, 5) is 47.9. The van der Waals surface area contributed by atoms with Crippen LogP contribution in [0.2, 0.25) is 0 Å². The van der Waals surface area contributed by atoms with Gasteiger partial charge in [-0.15, -0.1) is 0 Å². The van der Waals surface area contributed by atoms with Gasteiger partial charge in [-0.1, -0.05) is 67.5 Å². The Morgan fingerprint density at radius 3 is 2.41 bits per heavy atom. The lowest BCUT2D eigenvalue weighted by atomic mass is 9.77. The van der Waals surface area contributed by atoms with E-state index < -0.39 is 35.1 Å². The molecule has 8 heteroatoms. The van der Waals surface area contributed by atoms with Crippen molar-refractivity contribution < 1.29 is 24.2 Å². The van der Waals surface area contributed by atoms with Crippen molar-refractivity contribution in [1.29, 1.82) is 0 Å². The van der Waals surface area contributed by atoms with Crippen LogP contribution in [-0.2, 0) is 25.7 Å². The molecule has 8 nitrogen and oxygen atoms in total. The minimum Gasteiger partial charge on any atom is -0.396 e. The second kappa shape index (κ2) is 10.9. The lowest BCUT2D eigenvalue weighted by Gasteiger charge is -2.40. The number of hydrogen-bond donors (Lipinski definition) is 1. The summed E-state index contributed by atoms with van der Waals surface area (Å²) in [7, 11) is 0. The molecule has 5 atom stereocenters. The molecule has 0 radical (unpaired) electrons. The first kappa shape index (κ1) is 27.6. The van der Waals surface area contributed by atoms with Gasteiger partial charge in [0.2, 0.25) is 17.7 Å². The van der Waals surface area contributed by atoms with Gasteiger partial charge >= 0.3 is 0 Å². The SMILES string of the molecule is CC(C)(C)N1CC=C[C@]23O[C@H]4C=CCN(Cc5ccccc5)C(=O)[C@H]4[C@H]2C(=O)N(CCCCCCO)C3C1=O. The Morgan fingerprint density at radius 2 is 1.69 bits per heavy atom. The smallest absolute Gasteiger partial charge is 0.249 e. The van der Waals surface area contributed by atoms with Gasteiger partial charge in [0.15, 0.2) is 0 Å². The van der Waals surface area contributed by atoms with E-state index in [2.05, 4.69) is 0 Å². The maximum Gasteiger partial charge on any atom is 0.249 e. The molecular formula is C31H41N3O5. The predicted octanol–water partition coefficient (Wildman–Crippen LogP) is 2.92. The number of nitrogens with zero attached hydrogens (tertiary/aromatic N) is 3. The molecule has 3 amide bonds. The quantitative estimate of drug-likeness (QED) is 0.408. The molecule has 5 rings (SSSR count). The summed E-state index contributed by atoms with van der Waals surface area (Å²) in [6.07, 6.45) is 10.3. The Morgan fingerprint density at radius 1 is 0.949 bits per heavy atom. The number of aliphatic hydroxyl groups excluding tert-OH is 1. The molecule has 1 unspecified atom stereocenters. The van der Waals surface area contributed by atoms with Gasteiger partial charge in [-0.25, -0.2) is 0 Å². The Hall–Kier alpha value is -2.97. The van der Waals surface area contributed by atoms with Crippen molar-refractivity contribution in [1.82, 2.24) is 14.7 Å². The molecule has 1 aromatic carbocycles. The maximum absolute atomic E-state index is 14.3. The molecule has 39 heavy (non-hydrogen) atoms. The highest BCUT2D eigenvalue weighted by atomic mass is 16.5. The van der Waals surface area contributed by atoms with Crippen LogP contribution in [0.25, 0.3) is 0 Å². The van der Waals surface area contributed by atoms with Crippen LogP contribution in [0, 0.1) is 11.8 Å². The van der Waals surface area contributed by atoms with Gasteiger partial charge in [0.25, 0.3) is 0 Å². The lowest BCUT2D eigenvalue weighted by molar-refractivity contribution is -0.151. The predicted molar refractivity (Wildman–Crippen MR) is 147 cm³/mol. The third-order valence-corrected chi connectivity index (χ3v) is 8.58. The van der Waals surface area contributed by atoms with Crippen molar-refractivity contribution in [3.05, 3.63) is 60.2 Å². The van der Waals surface area contributed by atoms with E-state index >= 15 is 0 Å². The first-order valence-corrected chi connectivity index (χ1v) is 14.3. The Bertz CT molecular complexity index is 1140. The van der Waals surface area contributed by atoms with Gasteiger partial charge in [-0.2, -0.15) is 0 Å². The highest BCUT2D eigenvalue weighted by Gasteiger charge is 2.71. The molecule has 4 aliphatic heterocycles. The van der Waals surface area contributed by atoms with Crippen molar-refractivity contribution in [3.8, 4) is 0 Å². The molecule has 0 bridgehead atoms. The molecule has 1 spiro atoms. The number of ether oxygens (including phenoxy) is 1. The fourth-order valence-electron chi connectivity index (χ4n) is 6.73. The zero-order valence-electron chi connectivity index (χ0n) is 23.3. The molecule has 1 N–H and O–H groups in total. The number of fused-ring (bicyclic) bond motifs is 2. The van der Waals surface area contributed by atoms with Gasteiger partial charge in [0.05, 0.1) is 17.9 Å². The first-order valence-electron chi connectivity index (χ1n) is 14.3. The van der Waals surface area contributed by atoms with Gasteiger partial charge < -0.3 is 24.5 Å². The van der Waals surface area contributed by atoms with Gasteiger partial charge in [-0.3, -0.25) is 14.4 Å². The normalized spacial score (nSPS) is 30.4. The van der Waals surface area contributed by atoms with Crippen LogP contribution >= 0.6 is 0 Å². The van der Waals surface area contributed by atoms with E-state index in [9.17, 15) is 14.4 Å². The Balaban J connectivity index is 1.50. The van der Waals surface area contributed by atoms with Crippen LogP contribution in [0.5, 0.6) is 0 Å². The van der Waals surface area contributed by atoms with Gasteiger partial charge in [-0.05, 0) is 39.2 Å². The molecule has 0 aliphatic carbocycles. The van der Waals surface area contributed by atoms with Crippen LogP contribution in [0.15, 0.2) is 54.6 Å². The highest BCUT2D eigenvalue weighted by molar-refractivity contribution is 6.00. The molecule has 4 aliphatic rings. The maximum atomic E-state index is 14.3. The zero-order chi connectivity index (χ0) is 27.8. The number of carbonyl (C=O) groups excluding carboxylic acids is 3. The van der Waals surface area contributed by atoms with E-state index in [0.717, 1.165) is 24.8 Å². The molecule has 0 saturated carbocycles. The molecule has 0 aromatic heterocycles. The number of aliphatic hydroxyl groups is 1. The van der Waals surface area contributed by atoms with E-state index in [4.69, 9.17) is 9.84 Å². The van der Waals surface area contributed by atoms with Crippen molar-refractivity contribution >= 4 is 17.7 Å². The lowest BCUT2D eigenvalue weighted by Crippen LogP contribution is -2.58. The first-order chi connectivity index (χ1) is 18.7.